The van der Waals surface area contributed by atoms with Gasteiger partial charge in [-0.3, -0.25) is 9.48 Å². The lowest BCUT2D eigenvalue weighted by Crippen LogP contribution is -2.31. The van der Waals surface area contributed by atoms with Crippen LogP contribution in [0.15, 0.2) is 35.5 Å². The predicted octanol–water partition coefficient (Wildman–Crippen LogP) is 2.41. The predicted molar refractivity (Wildman–Crippen MR) is 108 cm³/mol. The van der Waals surface area contributed by atoms with Gasteiger partial charge in [0.15, 0.2) is 5.82 Å². The first kappa shape index (κ1) is 23.0. The van der Waals surface area contributed by atoms with Gasteiger partial charge in [0.2, 0.25) is 5.88 Å². The van der Waals surface area contributed by atoms with Gasteiger partial charge in [0, 0.05) is 25.5 Å². The van der Waals surface area contributed by atoms with Crippen LogP contribution in [-0.4, -0.2) is 51.2 Å². The molecule has 15 heteroatoms. The van der Waals surface area contributed by atoms with E-state index >= 15 is 0 Å². The van der Waals surface area contributed by atoms with Gasteiger partial charge in [0.25, 0.3) is 15.9 Å². The fraction of sp³-hybridized carbons (Fsp3) is 0.333. The number of carbonyl (C=O) groups excluding carboxylic acids is 1. The van der Waals surface area contributed by atoms with Crippen molar-refractivity contribution in [2.75, 3.05) is 0 Å². The van der Waals surface area contributed by atoms with Crippen molar-refractivity contribution in [3.63, 3.8) is 0 Å². The number of amides is 1. The summed E-state index contributed by atoms with van der Waals surface area (Å²) in [6.45, 7) is 1.48. The Bertz CT molecular complexity index is 1340. The van der Waals surface area contributed by atoms with Crippen LogP contribution in [0, 0.1) is 12.8 Å². The molecular weight excluding hydrogens is 489 g/mol. The number of ether oxygens (including phenoxy) is 1. The maximum atomic E-state index is 12.6. The van der Waals surface area contributed by atoms with E-state index in [1.54, 1.807) is 7.05 Å². The first-order valence-electron chi connectivity index (χ1n) is 9.38. The Labute approximate surface area is 190 Å². The number of rotatable bonds is 6. The molecule has 0 aliphatic heterocycles. The summed E-state index contributed by atoms with van der Waals surface area (Å²) in [4.78, 5) is 16.3. The van der Waals surface area contributed by atoms with Crippen LogP contribution in [0.5, 0.6) is 5.88 Å². The highest BCUT2D eigenvalue weighted by Gasteiger charge is 2.58. The number of hydrogen-bond donors (Lipinski definition) is 1. The van der Waals surface area contributed by atoms with Crippen molar-refractivity contribution in [3.05, 3.63) is 47.0 Å². The van der Waals surface area contributed by atoms with Crippen molar-refractivity contribution in [3.8, 4) is 11.7 Å². The Hall–Kier alpha value is -3.13. The Morgan fingerprint density at radius 2 is 2.00 bits per heavy atom. The third-order valence-electron chi connectivity index (χ3n) is 4.79. The summed E-state index contributed by atoms with van der Waals surface area (Å²) in [6, 6.07) is 3.95. The van der Waals surface area contributed by atoms with Crippen LogP contribution in [0.1, 0.15) is 22.5 Å². The lowest BCUT2D eigenvalue weighted by molar-refractivity contribution is -0.153. The molecule has 1 fully saturated rings. The number of sulfonamides is 1. The van der Waals surface area contributed by atoms with Gasteiger partial charge in [-0.15, -0.1) is 5.10 Å². The Balaban J connectivity index is 1.47. The molecule has 1 aliphatic rings. The number of nitrogens with zero attached hydrogens (tertiary/aromatic N) is 5. The van der Waals surface area contributed by atoms with Crippen LogP contribution in [0.3, 0.4) is 0 Å². The number of halogens is 4. The molecule has 2 atom stereocenters. The number of alkyl halides is 3. The number of aryl methyl sites for hydroxylation is 2. The molecule has 1 unspecified atom stereocenters. The zero-order valence-electron chi connectivity index (χ0n) is 17.0. The summed E-state index contributed by atoms with van der Waals surface area (Å²) in [5.74, 6) is -2.40. The van der Waals surface area contributed by atoms with Crippen LogP contribution in [0.25, 0.3) is 5.82 Å². The van der Waals surface area contributed by atoms with E-state index in [1.165, 1.54) is 46.9 Å². The molecule has 33 heavy (non-hydrogen) atoms. The van der Waals surface area contributed by atoms with Gasteiger partial charge in [0.05, 0.1) is 17.2 Å². The van der Waals surface area contributed by atoms with Crippen molar-refractivity contribution in [2.24, 2.45) is 13.0 Å². The lowest BCUT2D eigenvalue weighted by atomic mass is 10.3. The molecule has 1 aliphatic carbocycles. The van der Waals surface area contributed by atoms with Crippen LogP contribution in [0.4, 0.5) is 13.2 Å². The number of nitrogens with one attached hydrogen (secondary N) is 1. The molecule has 10 nitrogen and oxygen atoms in total. The quantitative estimate of drug-likeness (QED) is 0.512. The van der Waals surface area contributed by atoms with E-state index in [1.807, 2.05) is 4.72 Å². The highest BCUT2D eigenvalue weighted by Crippen LogP contribution is 2.46. The third kappa shape index (κ3) is 4.80. The molecule has 3 aromatic rings. The summed E-state index contributed by atoms with van der Waals surface area (Å²) in [6.07, 6.45) is -2.78. The normalized spacial score (nSPS) is 18.2. The topological polar surface area (TPSA) is 121 Å². The van der Waals surface area contributed by atoms with E-state index < -0.39 is 34.1 Å². The monoisotopic (exact) mass is 504 g/mol. The van der Waals surface area contributed by atoms with E-state index in [0.29, 0.717) is 0 Å². The molecule has 3 aromatic heterocycles. The van der Waals surface area contributed by atoms with Gasteiger partial charge < -0.3 is 4.74 Å². The second-order valence-electron chi connectivity index (χ2n) is 7.33. The molecule has 0 radical (unpaired) electrons. The SMILES string of the molecule is Cc1nn(C)cc1S(=O)(=O)NC(=O)c1ccc(-n2ccc(OC3C[C@H]3C(F)(F)F)n2)nc1Cl. The first-order chi connectivity index (χ1) is 15.3. The highest BCUT2D eigenvalue weighted by atomic mass is 35.5. The number of carbonyl (C=O) groups is 1. The zero-order valence-corrected chi connectivity index (χ0v) is 18.6. The third-order valence-corrected chi connectivity index (χ3v) is 6.51. The van der Waals surface area contributed by atoms with Crippen LogP contribution in [0.2, 0.25) is 5.15 Å². The average molecular weight is 505 g/mol. The number of aromatic nitrogens is 5. The van der Waals surface area contributed by atoms with Gasteiger partial charge in [-0.25, -0.2) is 22.8 Å². The van der Waals surface area contributed by atoms with E-state index in [0.717, 1.165) is 0 Å². The first-order valence-corrected chi connectivity index (χ1v) is 11.2. The summed E-state index contributed by atoms with van der Waals surface area (Å²) in [5.41, 5.74) is 0.00184. The minimum absolute atomic E-state index is 0.0237. The number of pyridine rings is 1. The second-order valence-corrected chi connectivity index (χ2v) is 9.34. The maximum absolute atomic E-state index is 12.6. The molecule has 0 aromatic carbocycles. The van der Waals surface area contributed by atoms with Crippen molar-refractivity contribution in [2.45, 2.75) is 30.5 Å². The highest BCUT2D eigenvalue weighted by molar-refractivity contribution is 7.90. The molecule has 1 N–H and O–H groups in total. The van der Waals surface area contributed by atoms with Crippen molar-refractivity contribution < 1.29 is 31.1 Å². The summed E-state index contributed by atoms with van der Waals surface area (Å²) >= 11 is 6.07. The maximum Gasteiger partial charge on any atom is 0.395 e. The Morgan fingerprint density at radius 3 is 2.58 bits per heavy atom. The van der Waals surface area contributed by atoms with E-state index in [4.69, 9.17) is 16.3 Å². The largest absolute Gasteiger partial charge is 0.473 e. The van der Waals surface area contributed by atoms with Gasteiger partial charge in [-0.2, -0.15) is 18.3 Å². The van der Waals surface area contributed by atoms with Crippen molar-refractivity contribution in [1.29, 1.82) is 0 Å². The fourth-order valence-corrected chi connectivity index (χ4v) is 4.51. The molecular formula is C18H16ClF3N6O4S. The van der Waals surface area contributed by atoms with Gasteiger partial charge in [-0.1, -0.05) is 11.6 Å². The minimum Gasteiger partial charge on any atom is -0.473 e. The molecule has 4 rings (SSSR count). The molecule has 0 spiro atoms. The molecule has 0 saturated heterocycles. The lowest BCUT2D eigenvalue weighted by Gasteiger charge is -2.08. The summed E-state index contributed by atoms with van der Waals surface area (Å²) in [7, 11) is -2.66. The Morgan fingerprint density at radius 1 is 1.27 bits per heavy atom. The standard InChI is InChI=1S/C18H16ClF3N6O4S/c1-9-13(8-27(2)24-9)33(30,31)26-17(29)10-3-4-14(23-16(10)19)28-6-5-15(25-28)32-12-7-11(12)18(20,21)22/h3-6,8,11-12H,7H2,1-2H3,(H,26,29)/t11-,12?/m1/s1. The molecule has 3 heterocycles. The zero-order chi connectivity index (χ0) is 24.1. The molecule has 0 bridgehead atoms. The number of hydrogen-bond acceptors (Lipinski definition) is 7. The van der Waals surface area contributed by atoms with Crippen LogP contribution >= 0.6 is 11.6 Å². The molecule has 1 saturated carbocycles. The van der Waals surface area contributed by atoms with Crippen molar-refractivity contribution >= 4 is 27.5 Å². The van der Waals surface area contributed by atoms with Gasteiger partial charge in [-0.05, 0) is 25.5 Å². The summed E-state index contributed by atoms with van der Waals surface area (Å²) < 4.78 is 72.5. The molecule has 176 valence electrons. The second kappa shape index (κ2) is 8.02. The van der Waals surface area contributed by atoms with E-state index in [9.17, 15) is 26.4 Å². The van der Waals surface area contributed by atoms with E-state index in [2.05, 4.69) is 15.2 Å². The minimum atomic E-state index is -4.32. The van der Waals surface area contributed by atoms with Crippen LogP contribution < -0.4 is 9.46 Å². The smallest absolute Gasteiger partial charge is 0.395 e. The van der Waals surface area contributed by atoms with Crippen LogP contribution in [-0.2, 0) is 17.1 Å². The van der Waals surface area contributed by atoms with Gasteiger partial charge in [0.1, 0.15) is 16.2 Å². The fourth-order valence-electron chi connectivity index (χ4n) is 3.09. The van der Waals surface area contributed by atoms with Gasteiger partial charge >= 0.3 is 6.18 Å². The summed E-state index contributed by atoms with van der Waals surface area (Å²) in [5, 5.41) is 7.63. The van der Waals surface area contributed by atoms with E-state index in [-0.39, 0.29) is 39.4 Å². The average Bonchev–Trinajstić information content (AvgIpc) is 3.17. The van der Waals surface area contributed by atoms with Crippen molar-refractivity contribution in [1.82, 2.24) is 29.3 Å². The Kier molecular flexibility index (Phi) is 5.60. The molecule has 1 amide bonds.